The zero-order valence-corrected chi connectivity index (χ0v) is 8.08. The summed E-state index contributed by atoms with van der Waals surface area (Å²) < 4.78 is 0. The van der Waals surface area contributed by atoms with E-state index in [-0.39, 0.29) is 5.43 Å². The van der Waals surface area contributed by atoms with Crippen molar-refractivity contribution in [2.45, 2.75) is 6.42 Å². The molecule has 3 rings (SSSR count). The zero-order valence-electron chi connectivity index (χ0n) is 8.08. The molecule has 0 saturated carbocycles. The third-order valence-corrected chi connectivity index (χ3v) is 2.65. The molecule has 0 aliphatic heterocycles. The second-order valence-electron chi connectivity index (χ2n) is 3.67. The molecule has 0 heterocycles. The van der Waals surface area contributed by atoms with Gasteiger partial charge in [-0.15, -0.1) is 0 Å². The van der Waals surface area contributed by atoms with E-state index in [4.69, 9.17) is 0 Å². The highest BCUT2D eigenvalue weighted by atomic mass is 16.1. The third-order valence-electron chi connectivity index (χ3n) is 2.65. The smallest absolute Gasteiger partial charge is 0.194 e. The Labute approximate surface area is 87.7 Å². The summed E-state index contributed by atoms with van der Waals surface area (Å²) in [4.78, 5) is 11.3. The normalized spacial score (nSPS) is 10.7. The van der Waals surface area contributed by atoms with Gasteiger partial charge >= 0.3 is 0 Å². The first-order valence-electron chi connectivity index (χ1n) is 4.90. The molecule has 1 nitrogen and oxygen atoms in total. The number of fused-ring (bicyclic) bond motifs is 1. The lowest BCUT2D eigenvalue weighted by atomic mass is 10.1. The second-order valence-corrected chi connectivity index (χ2v) is 3.67. The van der Waals surface area contributed by atoms with Crippen LogP contribution in [-0.2, 0) is 6.42 Å². The van der Waals surface area contributed by atoms with Gasteiger partial charge in [-0.25, -0.2) is 0 Å². The van der Waals surface area contributed by atoms with Crippen molar-refractivity contribution in [3.8, 4) is 0 Å². The van der Waals surface area contributed by atoms with E-state index in [1.165, 1.54) is 0 Å². The van der Waals surface area contributed by atoms with Crippen molar-refractivity contribution in [2.24, 2.45) is 0 Å². The molecule has 0 aromatic heterocycles. The summed E-state index contributed by atoms with van der Waals surface area (Å²) in [7, 11) is 0. The number of benzene rings is 1. The van der Waals surface area contributed by atoms with Crippen LogP contribution in [0, 0.1) is 12.1 Å². The van der Waals surface area contributed by atoms with Crippen LogP contribution >= 0.6 is 0 Å². The second kappa shape index (κ2) is 2.96. The van der Waals surface area contributed by atoms with Crippen molar-refractivity contribution in [1.82, 2.24) is 0 Å². The molecule has 0 bridgehead atoms. The van der Waals surface area contributed by atoms with Gasteiger partial charge in [-0.3, -0.25) is 4.79 Å². The first-order valence-corrected chi connectivity index (χ1v) is 4.90. The Kier molecular flexibility index (Phi) is 1.63. The molecule has 15 heavy (non-hydrogen) atoms. The van der Waals surface area contributed by atoms with Gasteiger partial charge in [0.25, 0.3) is 0 Å². The van der Waals surface area contributed by atoms with Crippen LogP contribution in [-0.4, -0.2) is 0 Å². The lowest BCUT2D eigenvalue weighted by Gasteiger charge is -1.96. The molecule has 0 N–H and O–H groups in total. The van der Waals surface area contributed by atoms with Gasteiger partial charge in [0.1, 0.15) is 0 Å². The molecular formula is C14H8O. The Morgan fingerprint density at radius 3 is 2.87 bits per heavy atom. The highest BCUT2D eigenvalue weighted by Crippen LogP contribution is 2.21. The fraction of sp³-hybridized carbons (Fsp3) is 0.0714. The average molecular weight is 192 g/mol. The molecule has 0 radical (unpaired) electrons. The Morgan fingerprint density at radius 2 is 2.07 bits per heavy atom. The Morgan fingerprint density at radius 1 is 1.13 bits per heavy atom. The lowest BCUT2D eigenvalue weighted by Crippen LogP contribution is -1.85. The maximum absolute atomic E-state index is 11.3. The SMILES string of the molecule is O=c1c2cccc(Cc3c#cccc3)c12. The van der Waals surface area contributed by atoms with Gasteiger partial charge < -0.3 is 0 Å². The topological polar surface area (TPSA) is 17.1 Å². The highest BCUT2D eigenvalue weighted by Gasteiger charge is 2.15. The van der Waals surface area contributed by atoms with Gasteiger partial charge in [-0.1, -0.05) is 36.4 Å². The summed E-state index contributed by atoms with van der Waals surface area (Å²) in [5.74, 6) is 0. The summed E-state index contributed by atoms with van der Waals surface area (Å²) in [5.41, 5.74) is 2.38. The molecule has 3 aromatic carbocycles. The van der Waals surface area contributed by atoms with Gasteiger partial charge in [-0.2, -0.15) is 0 Å². The number of hydrogen-bond acceptors (Lipinski definition) is 1. The maximum atomic E-state index is 11.3. The summed E-state index contributed by atoms with van der Waals surface area (Å²) >= 11 is 0. The van der Waals surface area contributed by atoms with Gasteiger partial charge in [0, 0.05) is 22.8 Å². The van der Waals surface area contributed by atoms with Crippen LogP contribution < -0.4 is 5.43 Å². The first kappa shape index (κ1) is 8.26. The van der Waals surface area contributed by atoms with E-state index in [2.05, 4.69) is 12.1 Å². The van der Waals surface area contributed by atoms with E-state index in [1.807, 2.05) is 36.4 Å². The molecule has 0 spiro atoms. The van der Waals surface area contributed by atoms with Gasteiger partial charge in [0.2, 0.25) is 0 Å². The van der Waals surface area contributed by atoms with Crippen LogP contribution in [0.3, 0.4) is 0 Å². The Bertz CT molecular complexity index is 613. The van der Waals surface area contributed by atoms with Gasteiger partial charge in [-0.05, 0) is 17.7 Å². The minimum Gasteiger partial charge on any atom is -0.289 e. The predicted octanol–water partition coefficient (Wildman–Crippen LogP) is 2.27. The lowest BCUT2D eigenvalue weighted by molar-refractivity contribution is 1.22. The summed E-state index contributed by atoms with van der Waals surface area (Å²) in [5, 5.41) is 1.79. The first-order chi connectivity index (χ1) is 7.36. The number of rotatable bonds is 2. The average Bonchev–Trinajstić information content (AvgIpc) is 2.93. The molecule has 0 unspecified atom stereocenters. The standard InChI is InChI=1S/C14H8O/c15-14-12-8-4-7-11(13(12)14)9-10-5-2-1-3-6-10/h1-2,4-5,7-8H,9H2. The summed E-state index contributed by atoms with van der Waals surface area (Å²) in [6.45, 7) is 0. The summed E-state index contributed by atoms with van der Waals surface area (Å²) in [6, 6.07) is 17.5. The quantitative estimate of drug-likeness (QED) is 0.608. The summed E-state index contributed by atoms with van der Waals surface area (Å²) in [6.07, 6.45) is 0.770. The zero-order chi connectivity index (χ0) is 10.3. The monoisotopic (exact) mass is 192 g/mol. The van der Waals surface area contributed by atoms with E-state index < -0.39 is 0 Å². The Hall–Kier alpha value is -2.07. The van der Waals surface area contributed by atoms with E-state index in [0.717, 1.165) is 28.3 Å². The molecule has 0 fully saturated rings. The van der Waals surface area contributed by atoms with Crippen LogP contribution in [0.4, 0.5) is 0 Å². The van der Waals surface area contributed by atoms with Gasteiger partial charge in [0.05, 0.1) is 0 Å². The molecule has 0 atom stereocenters. The number of hydrogen-bond donors (Lipinski definition) is 0. The molecule has 1 heteroatoms. The van der Waals surface area contributed by atoms with Crippen molar-refractivity contribution < 1.29 is 0 Å². The van der Waals surface area contributed by atoms with Crippen molar-refractivity contribution in [3.05, 3.63) is 69.9 Å². The molecule has 0 saturated heterocycles. The molecule has 0 aliphatic rings. The predicted molar refractivity (Wildman–Crippen MR) is 59.5 cm³/mol. The minimum atomic E-state index is 0.204. The minimum absolute atomic E-state index is 0.204. The molecule has 3 aromatic rings. The molecular weight excluding hydrogens is 184 g/mol. The fourth-order valence-corrected chi connectivity index (χ4v) is 1.85. The largest absolute Gasteiger partial charge is 0.289 e. The van der Waals surface area contributed by atoms with Crippen LogP contribution in [0.15, 0.2) is 41.2 Å². The van der Waals surface area contributed by atoms with E-state index in [1.54, 1.807) is 0 Å². The van der Waals surface area contributed by atoms with Crippen LogP contribution in [0.5, 0.6) is 0 Å². The Balaban J connectivity index is 2.00. The highest BCUT2D eigenvalue weighted by molar-refractivity contribution is 6.00. The van der Waals surface area contributed by atoms with Crippen LogP contribution in [0.25, 0.3) is 10.8 Å². The third kappa shape index (κ3) is 1.31. The van der Waals surface area contributed by atoms with E-state index in [0.29, 0.717) is 0 Å². The van der Waals surface area contributed by atoms with Crippen molar-refractivity contribution in [2.75, 3.05) is 0 Å². The molecule has 0 amide bonds. The molecule has 0 aliphatic carbocycles. The fourth-order valence-electron chi connectivity index (χ4n) is 1.85. The van der Waals surface area contributed by atoms with E-state index in [9.17, 15) is 4.79 Å². The maximum Gasteiger partial charge on any atom is 0.194 e. The van der Waals surface area contributed by atoms with Crippen molar-refractivity contribution >= 4 is 10.8 Å². The van der Waals surface area contributed by atoms with Crippen molar-refractivity contribution in [3.63, 3.8) is 0 Å². The van der Waals surface area contributed by atoms with Crippen LogP contribution in [0.1, 0.15) is 11.1 Å². The van der Waals surface area contributed by atoms with E-state index >= 15 is 0 Å². The van der Waals surface area contributed by atoms with Gasteiger partial charge in [0.15, 0.2) is 5.43 Å². The molecule has 70 valence electrons. The van der Waals surface area contributed by atoms with Crippen molar-refractivity contribution in [1.29, 1.82) is 0 Å². The van der Waals surface area contributed by atoms with Crippen LogP contribution in [0.2, 0.25) is 0 Å².